The molecule has 0 saturated heterocycles. The molecule has 5 rings (SSSR count). The van der Waals surface area contributed by atoms with E-state index in [-0.39, 0.29) is 5.91 Å². The van der Waals surface area contributed by atoms with Crippen LogP contribution in [0.3, 0.4) is 0 Å². The average molecular weight is 422 g/mol. The summed E-state index contributed by atoms with van der Waals surface area (Å²) in [5.41, 5.74) is 2.23. The Labute approximate surface area is 180 Å². The topological polar surface area (TPSA) is 100 Å². The Morgan fingerprint density at radius 2 is 2.00 bits per heavy atom. The first-order valence-corrected chi connectivity index (χ1v) is 10.3. The Balaban J connectivity index is 1.84. The van der Waals surface area contributed by atoms with Crippen LogP contribution in [-0.2, 0) is 11.2 Å². The fourth-order valence-corrected chi connectivity index (χ4v) is 5.69. The summed E-state index contributed by atoms with van der Waals surface area (Å²) in [7, 11) is 1.54. The Morgan fingerprint density at radius 1 is 1.26 bits per heavy atom. The third kappa shape index (κ3) is 2.22. The molecule has 0 bridgehead atoms. The fraction of sp³-hybridized carbons (Fsp3) is 0.417. The molecule has 0 radical (unpaired) electrons. The second-order valence-electron chi connectivity index (χ2n) is 9.45. The minimum atomic E-state index is -1.12. The summed E-state index contributed by atoms with van der Waals surface area (Å²) in [5.74, 6) is 0.645. The van der Waals surface area contributed by atoms with Crippen LogP contribution in [0.4, 0.5) is 0 Å². The van der Waals surface area contributed by atoms with E-state index in [0.29, 0.717) is 34.8 Å². The van der Waals surface area contributed by atoms with Gasteiger partial charge in [0.25, 0.3) is 5.91 Å². The highest BCUT2D eigenvalue weighted by Gasteiger charge is 2.63. The van der Waals surface area contributed by atoms with Gasteiger partial charge in [0.15, 0.2) is 11.8 Å². The van der Waals surface area contributed by atoms with Gasteiger partial charge in [-0.25, -0.2) is 0 Å². The average Bonchev–Trinajstić information content (AvgIpc) is 3.00. The maximum absolute atomic E-state index is 12.3. The number of ether oxygens (including phenoxy) is 2. The van der Waals surface area contributed by atoms with Gasteiger partial charge in [0.1, 0.15) is 17.2 Å². The summed E-state index contributed by atoms with van der Waals surface area (Å²) in [4.78, 5) is 12.3. The van der Waals surface area contributed by atoms with Gasteiger partial charge in [-0.1, -0.05) is 49.7 Å². The molecule has 7 nitrogen and oxygen atoms in total. The van der Waals surface area contributed by atoms with Crippen molar-refractivity contribution in [3.63, 3.8) is 0 Å². The van der Waals surface area contributed by atoms with Crippen LogP contribution in [-0.4, -0.2) is 34.6 Å². The summed E-state index contributed by atoms with van der Waals surface area (Å²) in [6, 6.07) is 3.66. The van der Waals surface area contributed by atoms with Crippen LogP contribution in [0.5, 0.6) is 5.75 Å². The molecule has 2 aliphatic carbocycles. The second-order valence-corrected chi connectivity index (χ2v) is 9.45. The van der Waals surface area contributed by atoms with Gasteiger partial charge in [-0.05, 0) is 30.5 Å². The zero-order valence-electron chi connectivity index (χ0n) is 18.2. The predicted molar refractivity (Wildman–Crippen MR) is 114 cm³/mol. The quantitative estimate of drug-likeness (QED) is 0.476. The van der Waals surface area contributed by atoms with E-state index in [4.69, 9.17) is 9.47 Å². The van der Waals surface area contributed by atoms with Gasteiger partial charge in [0, 0.05) is 16.9 Å². The van der Waals surface area contributed by atoms with Crippen molar-refractivity contribution in [1.82, 2.24) is 5.32 Å². The number of benzene rings is 1. The number of fused-ring (bicyclic) bond motifs is 3. The van der Waals surface area contributed by atoms with E-state index in [1.165, 1.54) is 0 Å². The monoisotopic (exact) mass is 422 g/mol. The molecular weight excluding hydrogens is 396 g/mol. The Bertz CT molecular complexity index is 1160. The lowest BCUT2D eigenvalue weighted by atomic mass is 9.52. The summed E-state index contributed by atoms with van der Waals surface area (Å²) >= 11 is 0. The number of rotatable bonds is 1. The molecule has 2 heterocycles. The highest BCUT2D eigenvalue weighted by Crippen LogP contribution is 2.62. The van der Waals surface area contributed by atoms with Crippen LogP contribution in [0.25, 0.3) is 0 Å². The van der Waals surface area contributed by atoms with Gasteiger partial charge in [0.05, 0.1) is 18.2 Å². The van der Waals surface area contributed by atoms with E-state index in [0.717, 1.165) is 16.7 Å². The molecule has 1 aromatic rings. The zero-order chi connectivity index (χ0) is 22.3. The number of nitrogens with one attached hydrogen (secondary N) is 1. The number of allylic oxidation sites excluding steroid dienone is 3. The first kappa shape index (κ1) is 19.9. The minimum absolute atomic E-state index is 0.318. The van der Waals surface area contributed by atoms with Gasteiger partial charge in [-0.15, -0.1) is 0 Å². The molecule has 1 aromatic carbocycles. The van der Waals surface area contributed by atoms with E-state index in [1.54, 1.807) is 13.2 Å². The summed E-state index contributed by atoms with van der Waals surface area (Å²) in [6.07, 6.45) is 5.53. The number of hydrogen-bond donors (Lipinski definition) is 3. The smallest absolute Gasteiger partial charge is 0.254 e. The van der Waals surface area contributed by atoms with Crippen LogP contribution < -0.4 is 10.1 Å². The predicted octanol–water partition coefficient (Wildman–Crippen LogP) is 3.39. The second kappa shape index (κ2) is 6.01. The van der Waals surface area contributed by atoms with Crippen molar-refractivity contribution in [2.45, 2.75) is 45.9 Å². The van der Waals surface area contributed by atoms with Crippen molar-refractivity contribution in [3.8, 4) is 5.75 Å². The number of oxime groups is 1. The van der Waals surface area contributed by atoms with Crippen LogP contribution in [0.15, 0.2) is 52.4 Å². The molecule has 31 heavy (non-hydrogen) atoms. The van der Waals surface area contributed by atoms with Gasteiger partial charge in [-0.2, -0.15) is 0 Å². The van der Waals surface area contributed by atoms with E-state index in [1.807, 2.05) is 32.1 Å². The Morgan fingerprint density at radius 3 is 2.68 bits per heavy atom. The summed E-state index contributed by atoms with van der Waals surface area (Å²) in [5, 5.41) is 26.5. The van der Waals surface area contributed by atoms with Gasteiger partial charge >= 0.3 is 0 Å². The third-order valence-corrected chi connectivity index (χ3v) is 7.61. The van der Waals surface area contributed by atoms with Gasteiger partial charge in [0.2, 0.25) is 0 Å². The van der Waals surface area contributed by atoms with Gasteiger partial charge < -0.3 is 25.1 Å². The molecule has 0 aromatic heterocycles. The Kier molecular flexibility index (Phi) is 3.85. The Hall–Kier alpha value is -3.06. The third-order valence-electron chi connectivity index (χ3n) is 7.61. The molecule has 1 amide bonds. The van der Waals surface area contributed by atoms with Crippen molar-refractivity contribution in [3.05, 3.63) is 64.0 Å². The lowest BCUT2D eigenvalue weighted by Crippen LogP contribution is -2.62. The summed E-state index contributed by atoms with van der Waals surface area (Å²) in [6.45, 7) is 8.19. The molecular formula is C24H26N2O5. The molecule has 7 heteroatoms. The number of nitrogens with zero attached hydrogens (tertiary/aromatic N) is 1. The number of aliphatic hydroxyl groups is 1. The lowest BCUT2D eigenvalue weighted by molar-refractivity contribution is 0.00338. The zero-order valence-corrected chi connectivity index (χ0v) is 18.2. The molecule has 162 valence electrons. The number of amides is 1. The van der Waals surface area contributed by atoms with Crippen LogP contribution in [0.1, 0.15) is 55.4 Å². The molecule has 0 saturated carbocycles. The van der Waals surface area contributed by atoms with E-state index < -0.39 is 22.7 Å². The van der Waals surface area contributed by atoms with Crippen LogP contribution in [0.2, 0.25) is 0 Å². The standard InChI is InChI=1S/C24H26N2O5/c1-12-6-9-16-22(2,3)19(26-29)15(30-5)11-24(16)23(12,4)10-13-7-8-14-17(18(13)31-24)21(28)25-20(14)27/h6-9,11,21,28-29H,10H2,1-5H3,(H,25,27). The molecule has 3 atom stereocenters. The SMILES string of the molecule is COC1=CC23Oc4c(ccc5c4C(O)NC5=O)CC2(C)C(C)=CC=C3C(C)(C)C1=NO. The number of carbonyl (C=O) groups is 1. The first-order valence-electron chi connectivity index (χ1n) is 10.3. The first-order chi connectivity index (χ1) is 14.6. The number of methoxy groups -OCH3 is 1. The van der Waals surface area contributed by atoms with Gasteiger partial charge in [-0.3, -0.25) is 4.79 Å². The molecule has 4 aliphatic rings. The summed E-state index contributed by atoms with van der Waals surface area (Å²) < 4.78 is 12.5. The van der Waals surface area contributed by atoms with Crippen molar-refractivity contribution in [2.75, 3.05) is 7.11 Å². The van der Waals surface area contributed by atoms with Crippen molar-refractivity contribution in [1.29, 1.82) is 0 Å². The maximum Gasteiger partial charge on any atom is 0.254 e. The van der Waals surface area contributed by atoms with Crippen molar-refractivity contribution >= 4 is 11.6 Å². The molecule has 0 fully saturated rings. The largest absolute Gasteiger partial charge is 0.495 e. The lowest BCUT2D eigenvalue weighted by Gasteiger charge is -2.58. The van der Waals surface area contributed by atoms with Crippen LogP contribution in [0, 0.1) is 10.8 Å². The van der Waals surface area contributed by atoms with E-state index in [2.05, 4.69) is 30.4 Å². The fourth-order valence-electron chi connectivity index (χ4n) is 5.69. The van der Waals surface area contributed by atoms with Crippen LogP contribution >= 0.6 is 0 Å². The normalized spacial score (nSPS) is 33.6. The molecule has 3 unspecified atom stereocenters. The minimum Gasteiger partial charge on any atom is -0.495 e. The van der Waals surface area contributed by atoms with E-state index in [9.17, 15) is 15.1 Å². The molecule has 3 N–H and O–H groups in total. The highest BCUT2D eigenvalue weighted by atomic mass is 16.5. The highest BCUT2D eigenvalue weighted by molar-refractivity contribution is 6.06. The number of hydrogen-bond acceptors (Lipinski definition) is 6. The molecule has 2 aliphatic heterocycles. The number of carbonyl (C=O) groups excluding carboxylic acids is 1. The van der Waals surface area contributed by atoms with Crippen molar-refractivity contribution < 1.29 is 24.6 Å². The number of aliphatic hydroxyl groups excluding tert-OH is 1. The van der Waals surface area contributed by atoms with E-state index >= 15 is 0 Å². The maximum atomic E-state index is 12.3. The molecule has 1 spiro atoms. The van der Waals surface area contributed by atoms with Crippen molar-refractivity contribution in [2.24, 2.45) is 16.0 Å².